The standard InChI is InChI=1S/C14H16N6O2S/c1-9(15)4-5-13(10(2)14-17-19-20-18-14)11-6-12(8-16-7-11)23(3,21)22/h4-8H,2,15H2,1,3H3,(H,17,18,19,20)/b9-4+,13-5+. The lowest BCUT2D eigenvalue weighted by molar-refractivity contribution is 0.601. The first kappa shape index (κ1) is 16.6. The molecule has 3 N–H and O–H groups in total. The molecule has 0 atom stereocenters. The molecule has 0 aliphatic rings. The van der Waals surface area contributed by atoms with Gasteiger partial charge in [-0.25, -0.2) is 13.5 Å². The molecule has 0 aliphatic heterocycles. The summed E-state index contributed by atoms with van der Waals surface area (Å²) in [5, 5.41) is 13.5. The molecule has 9 heteroatoms. The first-order valence-corrected chi connectivity index (χ1v) is 8.41. The molecular formula is C14H16N6O2S. The first-order valence-electron chi connectivity index (χ1n) is 6.52. The van der Waals surface area contributed by atoms with Crippen molar-refractivity contribution in [3.63, 3.8) is 0 Å². The predicted octanol–water partition coefficient (Wildman–Crippen LogP) is 0.958. The Morgan fingerprint density at radius 2 is 2.09 bits per heavy atom. The van der Waals surface area contributed by atoms with E-state index in [2.05, 4.69) is 32.2 Å². The lowest BCUT2D eigenvalue weighted by Crippen LogP contribution is -2.00. The maximum absolute atomic E-state index is 11.7. The van der Waals surface area contributed by atoms with Crippen molar-refractivity contribution in [2.75, 3.05) is 6.26 Å². The Bertz CT molecular complexity index is 878. The molecule has 2 aromatic heterocycles. The SMILES string of the molecule is C=C(/C(=C\C=C(/C)N)c1cncc(S(C)(=O)=O)c1)c1nnn[nH]1. The summed E-state index contributed by atoms with van der Waals surface area (Å²) < 4.78 is 23.4. The normalized spacial score (nSPS) is 13.1. The number of sulfone groups is 1. The van der Waals surface area contributed by atoms with Gasteiger partial charge in [-0.1, -0.05) is 12.7 Å². The van der Waals surface area contributed by atoms with Gasteiger partial charge in [0.05, 0.1) is 4.90 Å². The van der Waals surface area contributed by atoms with Gasteiger partial charge in [0.2, 0.25) is 0 Å². The van der Waals surface area contributed by atoms with Crippen LogP contribution >= 0.6 is 0 Å². The van der Waals surface area contributed by atoms with Crippen LogP contribution in [0, 0.1) is 0 Å². The Kier molecular flexibility index (Phi) is 4.70. The molecular weight excluding hydrogens is 316 g/mol. The van der Waals surface area contributed by atoms with E-state index in [0.717, 1.165) is 6.26 Å². The molecule has 0 fully saturated rings. The minimum atomic E-state index is -3.38. The number of rotatable bonds is 5. The average Bonchev–Trinajstić information content (AvgIpc) is 3.00. The fourth-order valence-electron chi connectivity index (χ4n) is 1.77. The van der Waals surface area contributed by atoms with E-state index in [4.69, 9.17) is 5.73 Å². The highest BCUT2D eigenvalue weighted by molar-refractivity contribution is 7.90. The van der Waals surface area contributed by atoms with Gasteiger partial charge >= 0.3 is 0 Å². The number of nitrogens with zero attached hydrogens (tertiary/aromatic N) is 4. The molecule has 120 valence electrons. The van der Waals surface area contributed by atoms with E-state index in [-0.39, 0.29) is 4.90 Å². The van der Waals surface area contributed by atoms with Crippen molar-refractivity contribution < 1.29 is 8.42 Å². The maximum Gasteiger partial charge on any atom is 0.179 e. The Morgan fingerprint density at radius 1 is 1.35 bits per heavy atom. The fourth-order valence-corrected chi connectivity index (χ4v) is 2.36. The van der Waals surface area contributed by atoms with E-state index < -0.39 is 9.84 Å². The van der Waals surface area contributed by atoms with Gasteiger partial charge in [-0.3, -0.25) is 4.98 Å². The zero-order valence-corrected chi connectivity index (χ0v) is 13.5. The van der Waals surface area contributed by atoms with Crippen LogP contribution < -0.4 is 5.73 Å². The van der Waals surface area contributed by atoms with Crippen LogP contribution in [0.2, 0.25) is 0 Å². The minimum absolute atomic E-state index is 0.109. The second-order valence-corrected chi connectivity index (χ2v) is 6.92. The van der Waals surface area contributed by atoms with Crippen molar-refractivity contribution in [1.29, 1.82) is 0 Å². The van der Waals surface area contributed by atoms with Crippen LogP contribution in [0.4, 0.5) is 0 Å². The molecule has 2 aromatic rings. The summed E-state index contributed by atoms with van der Waals surface area (Å²) >= 11 is 0. The van der Waals surface area contributed by atoms with Crippen LogP contribution in [0.3, 0.4) is 0 Å². The molecule has 0 unspecified atom stereocenters. The van der Waals surface area contributed by atoms with Crippen molar-refractivity contribution in [2.45, 2.75) is 11.8 Å². The number of tetrazole rings is 1. The predicted molar refractivity (Wildman–Crippen MR) is 86.5 cm³/mol. The number of H-pyrrole nitrogens is 1. The topological polar surface area (TPSA) is 128 Å². The molecule has 0 amide bonds. The van der Waals surface area contributed by atoms with Gasteiger partial charge in [-0.2, -0.15) is 0 Å². The largest absolute Gasteiger partial charge is 0.402 e. The van der Waals surface area contributed by atoms with E-state index in [1.807, 2.05) is 0 Å². The molecule has 0 bridgehead atoms. The number of nitrogens with two attached hydrogens (primary N) is 1. The first-order chi connectivity index (χ1) is 10.8. The van der Waals surface area contributed by atoms with Crippen molar-refractivity contribution in [3.8, 4) is 0 Å². The van der Waals surface area contributed by atoms with Crippen LogP contribution in [-0.4, -0.2) is 40.3 Å². The van der Waals surface area contributed by atoms with Crippen molar-refractivity contribution in [3.05, 3.63) is 54.3 Å². The molecule has 0 saturated heterocycles. The average molecular weight is 332 g/mol. The number of aromatic amines is 1. The molecule has 0 aliphatic carbocycles. The van der Waals surface area contributed by atoms with E-state index in [1.54, 1.807) is 19.1 Å². The van der Waals surface area contributed by atoms with Gasteiger partial charge in [-0.15, -0.1) is 5.10 Å². The summed E-state index contributed by atoms with van der Waals surface area (Å²) in [5.41, 5.74) is 7.90. The number of allylic oxidation sites excluding steroid dienone is 5. The summed E-state index contributed by atoms with van der Waals surface area (Å²) in [7, 11) is -3.38. The summed E-state index contributed by atoms with van der Waals surface area (Å²) in [6.45, 7) is 5.69. The van der Waals surface area contributed by atoms with Crippen LogP contribution in [0.5, 0.6) is 0 Å². The zero-order chi connectivity index (χ0) is 17.0. The van der Waals surface area contributed by atoms with Crippen molar-refractivity contribution in [1.82, 2.24) is 25.6 Å². The van der Waals surface area contributed by atoms with Crippen LogP contribution in [-0.2, 0) is 9.84 Å². The maximum atomic E-state index is 11.7. The van der Waals surface area contributed by atoms with Gasteiger partial charge < -0.3 is 5.73 Å². The van der Waals surface area contributed by atoms with E-state index in [9.17, 15) is 8.42 Å². The number of nitrogens with one attached hydrogen (secondary N) is 1. The number of aromatic nitrogens is 5. The molecule has 0 aromatic carbocycles. The van der Waals surface area contributed by atoms with E-state index in [1.165, 1.54) is 18.5 Å². The summed E-state index contributed by atoms with van der Waals surface area (Å²) in [6.07, 6.45) is 7.34. The van der Waals surface area contributed by atoms with Crippen molar-refractivity contribution >= 4 is 21.0 Å². The minimum Gasteiger partial charge on any atom is -0.402 e. The second-order valence-electron chi connectivity index (χ2n) is 4.90. The quantitative estimate of drug-likeness (QED) is 0.780. The third kappa shape index (κ3) is 4.10. The van der Waals surface area contributed by atoms with Gasteiger partial charge in [-0.05, 0) is 35.1 Å². The third-order valence-electron chi connectivity index (χ3n) is 2.92. The van der Waals surface area contributed by atoms with E-state index in [0.29, 0.717) is 28.2 Å². The summed E-state index contributed by atoms with van der Waals surface area (Å²) in [5.74, 6) is 0.365. The second kappa shape index (κ2) is 6.53. The Labute approximate surface area is 133 Å². The number of pyridine rings is 1. The monoisotopic (exact) mass is 332 g/mol. The molecule has 0 radical (unpaired) electrons. The molecule has 8 nitrogen and oxygen atoms in total. The Morgan fingerprint density at radius 3 is 2.65 bits per heavy atom. The van der Waals surface area contributed by atoms with Crippen LogP contribution in [0.1, 0.15) is 18.3 Å². The van der Waals surface area contributed by atoms with E-state index >= 15 is 0 Å². The van der Waals surface area contributed by atoms with Gasteiger partial charge in [0.25, 0.3) is 0 Å². The number of hydrogen-bond donors (Lipinski definition) is 2. The Hall–Kier alpha value is -2.81. The molecule has 23 heavy (non-hydrogen) atoms. The van der Waals surface area contributed by atoms with Crippen LogP contribution in [0.15, 0.2) is 47.8 Å². The lowest BCUT2D eigenvalue weighted by atomic mass is 9.99. The third-order valence-corrected chi connectivity index (χ3v) is 4.00. The Balaban J connectivity index is 2.57. The van der Waals surface area contributed by atoms with Gasteiger partial charge in [0, 0.05) is 35.5 Å². The molecule has 2 heterocycles. The van der Waals surface area contributed by atoms with Crippen LogP contribution in [0.25, 0.3) is 11.1 Å². The fraction of sp³-hybridized carbons (Fsp3) is 0.143. The zero-order valence-electron chi connectivity index (χ0n) is 12.7. The van der Waals surface area contributed by atoms with Gasteiger partial charge in [0.15, 0.2) is 15.7 Å². The molecule has 0 saturated carbocycles. The smallest absolute Gasteiger partial charge is 0.179 e. The molecule has 2 rings (SSSR count). The number of hydrogen-bond acceptors (Lipinski definition) is 7. The van der Waals surface area contributed by atoms with Crippen molar-refractivity contribution in [2.24, 2.45) is 5.73 Å². The highest BCUT2D eigenvalue weighted by Gasteiger charge is 2.15. The lowest BCUT2D eigenvalue weighted by Gasteiger charge is -2.09. The summed E-state index contributed by atoms with van der Waals surface area (Å²) in [6, 6.07) is 1.52. The van der Waals surface area contributed by atoms with Gasteiger partial charge in [0.1, 0.15) is 0 Å². The summed E-state index contributed by atoms with van der Waals surface area (Å²) in [4.78, 5) is 4.10. The highest BCUT2D eigenvalue weighted by Crippen LogP contribution is 2.28. The molecule has 0 spiro atoms. The highest BCUT2D eigenvalue weighted by atomic mass is 32.2.